The van der Waals surface area contributed by atoms with Crippen molar-refractivity contribution in [3.8, 4) is 5.75 Å². The van der Waals surface area contributed by atoms with Crippen LogP contribution in [0.25, 0.3) is 0 Å². The third-order valence-corrected chi connectivity index (χ3v) is 3.32. The van der Waals surface area contributed by atoms with Crippen molar-refractivity contribution < 1.29 is 28.6 Å². The average molecular weight is 340 g/mol. The van der Waals surface area contributed by atoms with E-state index in [9.17, 15) is 18.8 Å². The Morgan fingerprint density at radius 3 is 2.46 bits per heavy atom. The molecule has 8 heteroatoms. The lowest BCUT2D eigenvalue weighted by Gasteiger charge is -2.29. The molecule has 2 atom stereocenters. The summed E-state index contributed by atoms with van der Waals surface area (Å²) >= 11 is 0. The zero-order valence-electron chi connectivity index (χ0n) is 13.8. The maximum Gasteiger partial charge on any atom is 0.326 e. The van der Waals surface area contributed by atoms with Crippen molar-refractivity contribution in [3.05, 3.63) is 30.1 Å². The number of halogens is 1. The third-order valence-electron chi connectivity index (χ3n) is 3.32. The normalized spacial score (nSPS) is 12.8. The Morgan fingerprint density at radius 2 is 1.92 bits per heavy atom. The van der Waals surface area contributed by atoms with E-state index in [1.807, 2.05) is 0 Å². The minimum absolute atomic E-state index is 0.00312. The topological polar surface area (TPSA) is 95.9 Å². The summed E-state index contributed by atoms with van der Waals surface area (Å²) in [6, 6.07) is 4.51. The number of rotatable bonds is 8. The highest BCUT2D eigenvalue weighted by atomic mass is 19.1. The van der Waals surface area contributed by atoms with Gasteiger partial charge in [-0.15, -0.1) is 0 Å². The van der Waals surface area contributed by atoms with E-state index in [-0.39, 0.29) is 24.7 Å². The summed E-state index contributed by atoms with van der Waals surface area (Å²) in [6.07, 6.45) is -1.08. The molecule has 0 fully saturated rings. The molecule has 2 N–H and O–H groups in total. The second kappa shape index (κ2) is 8.85. The summed E-state index contributed by atoms with van der Waals surface area (Å²) < 4.78 is 18.9. The summed E-state index contributed by atoms with van der Waals surface area (Å²) in [4.78, 5) is 35.7. The van der Waals surface area contributed by atoms with Gasteiger partial charge in [-0.25, -0.2) is 9.18 Å². The van der Waals surface area contributed by atoms with Gasteiger partial charge in [-0.1, -0.05) is 12.1 Å². The van der Waals surface area contributed by atoms with Crippen molar-refractivity contribution >= 4 is 17.8 Å². The first-order chi connectivity index (χ1) is 11.2. The molecule has 24 heavy (non-hydrogen) atoms. The van der Waals surface area contributed by atoms with Gasteiger partial charge in [-0.2, -0.15) is 0 Å². The number of nitrogens with zero attached hydrogens (tertiary/aromatic N) is 1. The van der Waals surface area contributed by atoms with Crippen LogP contribution in [0.1, 0.15) is 20.8 Å². The molecule has 0 radical (unpaired) electrons. The van der Waals surface area contributed by atoms with Gasteiger partial charge < -0.3 is 20.1 Å². The summed E-state index contributed by atoms with van der Waals surface area (Å²) in [5, 5.41) is 11.6. The molecule has 7 nitrogen and oxygen atoms in total. The van der Waals surface area contributed by atoms with Crippen LogP contribution in [-0.2, 0) is 14.4 Å². The predicted molar refractivity (Wildman–Crippen MR) is 84.0 cm³/mol. The number of para-hydroxylation sites is 1. The minimum atomic E-state index is -1.19. The number of carboxylic acids is 1. The van der Waals surface area contributed by atoms with Crippen molar-refractivity contribution in [1.29, 1.82) is 0 Å². The van der Waals surface area contributed by atoms with E-state index < -0.39 is 29.8 Å². The van der Waals surface area contributed by atoms with Crippen molar-refractivity contribution in [2.45, 2.75) is 32.9 Å². The molecular weight excluding hydrogens is 319 g/mol. The molecule has 1 rings (SSSR count). The highest BCUT2D eigenvalue weighted by Gasteiger charge is 2.30. The zero-order valence-corrected chi connectivity index (χ0v) is 13.8. The summed E-state index contributed by atoms with van der Waals surface area (Å²) in [6.45, 7) is 4.18. The van der Waals surface area contributed by atoms with Gasteiger partial charge in [-0.3, -0.25) is 9.59 Å². The largest absolute Gasteiger partial charge is 0.480 e. The van der Waals surface area contributed by atoms with Gasteiger partial charge in [0.1, 0.15) is 6.04 Å². The van der Waals surface area contributed by atoms with Crippen LogP contribution in [-0.4, -0.2) is 53.0 Å². The Morgan fingerprint density at radius 1 is 1.29 bits per heavy atom. The lowest BCUT2D eigenvalue weighted by molar-refractivity contribution is -0.152. The van der Waals surface area contributed by atoms with E-state index in [2.05, 4.69) is 5.32 Å². The van der Waals surface area contributed by atoms with E-state index in [0.29, 0.717) is 0 Å². The van der Waals surface area contributed by atoms with Gasteiger partial charge in [0.05, 0.1) is 0 Å². The molecule has 0 aliphatic carbocycles. The second-order valence-corrected chi connectivity index (χ2v) is 5.22. The SMILES string of the molecule is CC(=O)NCCN(C(=O)C(C)Oc1ccccc1F)C(C)C(=O)O. The Bertz CT molecular complexity index is 608. The quantitative estimate of drug-likeness (QED) is 0.737. The van der Waals surface area contributed by atoms with E-state index >= 15 is 0 Å². The van der Waals surface area contributed by atoms with E-state index in [1.165, 1.54) is 39.0 Å². The molecule has 2 unspecified atom stereocenters. The number of aliphatic carboxylic acids is 1. The molecule has 1 aromatic carbocycles. The fourth-order valence-electron chi connectivity index (χ4n) is 2.00. The van der Waals surface area contributed by atoms with E-state index in [0.717, 1.165) is 4.90 Å². The number of carbonyl (C=O) groups excluding carboxylic acids is 2. The summed E-state index contributed by atoms with van der Waals surface area (Å²) in [7, 11) is 0. The smallest absolute Gasteiger partial charge is 0.326 e. The molecule has 0 saturated carbocycles. The van der Waals surface area contributed by atoms with Crippen LogP contribution in [0.4, 0.5) is 4.39 Å². The first-order valence-electron chi connectivity index (χ1n) is 7.43. The Kier molecular flexibility index (Phi) is 7.16. The zero-order chi connectivity index (χ0) is 18.3. The van der Waals surface area contributed by atoms with Crippen LogP contribution >= 0.6 is 0 Å². The third kappa shape index (κ3) is 5.53. The van der Waals surface area contributed by atoms with Crippen LogP contribution in [0.3, 0.4) is 0 Å². The van der Waals surface area contributed by atoms with Crippen molar-refractivity contribution in [2.75, 3.05) is 13.1 Å². The maximum absolute atomic E-state index is 13.6. The number of hydrogen-bond donors (Lipinski definition) is 2. The second-order valence-electron chi connectivity index (χ2n) is 5.22. The lowest BCUT2D eigenvalue weighted by atomic mass is 10.2. The number of amides is 2. The highest BCUT2D eigenvalue weighted by Crippen LogP contribution is 2.18. The maximum atomic E-state index is 13.6. The van der Waals surface area contributed by atoms with Gasteiger partial charge in [0.15, 0.2) is 17.7 Å². The molecule has 0 aromatic heterocycles. The van der Waals surface area contributed by atoms with Crippen molar-refractivity contribution in [1.82, 2.24) is 10.2 Å². The number of hydrogen-bond acceptors (Lipinski definition) is 4. The first-order valence-corrected chi connectivity index (χ1v) is 7.43. The fourth-order valence-corrected chi connectivity index (χ4v) is 2.00. The molecule has 132 valence electrons. The first kappa shape index (κ1) is 19.4. The number of benzene rings is 1. The van der Waals surface area contributed by atoms with Gasteiger partial charge in [0, 0.05) is 20.0 Å². The average Bonchev–Trinajstić information content (AvgIpc) is 2.52. The molecule has 0 aliphatic heterocycles. The molecule has 2 amide bonds. The van der Waals surface area contributed by atoms with Crippen LogP contribution < -0.4 is 10.1 Å². The number of carboxylic acid groups (broad SMARTS) is 1. The van der Waals surface area contributed by atoms with Crippen molar-refractivity contribution in [2.24, 2.45) is 0 Å². The van der Waals surface area contributed by atoms with Crippen molar-refractivity contribution in [3.63, 3.8) is 0 Å². The predicted octanol–water partition coefficient (Wildman–Crippen LogP) is 1.03. The van der Waals surface area contributed by atoms with Gasteiger partial charge >= 0.3 is 5.97 Å². The standard InChI is InChI=1S/C16H21FN2O5/c1-10(16(22)23)19(9-8-18-12(3)20)15(21)11(2)24-14-7-5-4-6-13(14)17/h4-7,10-11H,8-9H2,1-3H3,(H,18,20)(H,22,23). The summed E-state index contributed by atoms with van der Waals surface area (Å²) in [5.41, 5.74) is 0. The minimum Gasteiger partial charge on any atom is -0.480 e. The van der Waals surface area contributed by atoms with Gasteiger partial charge in [0.25, 0.3) is 5.91 Å². The van der Waals surface area contributed by atoms with Gasteiger partial charge in [-0.05, 0) is 26.0 Å². The highest BCUT2D eigenvalue weighted by molar-refractivity contribution is 5.86. The Hall–Kier alpha value is -2.64. The Labute approximate surface area is 139 Å². The Balaban J connectivity index is 2.83. The molecule has 0 aliphatic rings. The monoisotopic (exact) mass is 340 g/mol. The van der Waals surface area contributed by atoms with Crippen LogP contribution in [0.15, 0.2) is 24.3 Å². The molecular formula is C16H21FN2O5. The van der Waals surface area contributed by atoms with Gasteiger partial charge in [0.2, 0.25) is 5.91 Å². The van der Waals surface area contributed by atoms with E-state index in [4.69, 9.17) is 9.84 Å². The molecule has 0 saturated heterocycles. The molecule has 0 spiro atoms. The number of nitrogens with one attached hydrogen (secondary N) is 1. The van der Waals surface area contributed by atoms with E-state index in [1.54, 1.807) is 6.07 Å². The molecule has 0 heterocycles. The molecule has 1 aromatic rings. The number of carbonyl (C=O) groups is 3. The lowest BCUT2D eigenvalue weighted by Crippen LogP contribution is -2.51. The number of ether oxygens (including phenoxy) is 1. The van der Waals surface area contributed by atoms with Crippen LogP contribution in [0, 0.1) is 5.82 Å². The van der Waals surface area contributed by atoms with Crippen LogP contribution in [0.2, 0.25) is 0 Å². The van der Waals surface area contributed by atoms with Crippen LogP contribution in [0.5, 0.6) is 5.75 Å². The summed E-state index contributed by atoms with van der Waals surface area (Å²) in [5.74, 6) is -2.81. The fraction of sp³-hybridized carbons (Fsp3) is 0.438. The molecule has 0 bridgehead atoms.